The largest absolute Gasteiger partial charge is 0.341 e. The topological polar surface area (TPSA) is 61.4 Å². The van der Waals surface area contributed by atoms with Crippen molar-refractivity contribution in [3.05, 3.63) is 42.0 Å². The summed E-state index contributed by atoms with van der Waals surface area (Å²) in [5.74, 6) is 0.204. The highest BCUT2D eigenvalue weighted by molar-refractivity contribution is 6.06. The Bertz CT molecular complexity index is 660. The normalized spacial score (nSPS) is 25.4. The Balaban J connectivity index is 1.53. The second kappa shape index (κ2) is 4.95. The van der Waals surface area contributed by atoms with Crippen molar-refractivity contribution in [3.63, 3.8) is 0 Å². The van der Waals surface area contributed by atoms with E-state index in [0.29, 0.717) is 25.9 Å². The average molecular weight is 297 g/mol. The third kappa shape index (κ3) is 1.89. The molecule has 1 aromatic carbocycles. The van der Waals surface area contributed by atoms with E-state index in [1.165, 1.54) is 0 Å². The van der Waals surface area contributed by atoms with E-state index in [2.05, 4.69) is 10.6 Å². The Morgan fingerprint density at radius 2 is 2.00 bits per heavy atom. The van der Waals surface area contributed by atoms with Gasteiger partial charge in [0, 0.05) is 25.3 Å². The number of piperidine rings is 1. The van der Waals surface area contributed by atoms with E-state index in [9.17, 15) is 9.59 Å². The van der Waals surface area contributed by atoms with Crippen LogP contribution >= 0.6 is 0 Å². The Kier molecular flexibility index (Phi) is 3.04. The van der Waals surface area contributed by atoms with E-state index in [0.717, 1.165) is 17.8 Å². The van der Waals surface area contributed by atoms with Crippen LogP contribution in [0.5, 0.6) is 0 Å². The number of hydrogen-bond donors (Lipinski definition) is 2. The predicted octanol–water partition coefficient (Wildman–Crippen LogP) is 1.03. The van der Waals surface area contributed by atoms with Crippen molar-refractivity contribution < 1.29 is 9.59 Å². The average Bonchev–Trinajstić information content (AvgIpc) is 3.16. The number of carbonyl (C=O) groups excluding carboxylic acids is 2. The number of amides is 2. The maximum absolute atomic E-state index is 12.5. The molecule has 4 rings (SSSR count). The van der Waals surface area contributed by atoms with Crippen LogP contribution in [0.3, 0.4) is 0 Å². The maximum Gasteiger partial charge on any atom is 0.243 e. The van der Waals surface area contributed by atoms with Gasteiger partial charge in [0.25, 0.3) is 0 Å². The summed E-state index contributed by atoms with van der Waals surface area (Å²) in [5, 5.41) is 6.15. The number of nitrogens with one attached hydrogen (secondary N) is 2. The summed E-state index contributed by atoms with van der Waals surface area (Å²) < 4.78 is 0. The molecule has 1 fully saturated rings. The van der Waals surface area contributed by atoms with E-state index < -0.39 is 5.41 Å². The van der Waals surface area contributed by atoms with Crippen LogP contribution in [0.1, 0.15) is 18.4 Å². The Morgan fingerprint density at radius 1 is 1.23 bits per heavy atom. The minimum absolute atomic E-state index is 0.0830. The molecule has 0 unspecified atom stereocenters. The van der Waals surface area contributed by atoms with Gasteiger partial charge in [0.15, 0.2) is 0 Å². The summed E-state index contributed by atoms with van der Waals surface area (Å²) in [7, 11) is 0. The summed E-state index contributed by atoms with van der Waals surface area (Å²) in [6, 6.07) is 7.71. The highest BCUT2D eigenvalue weighted by Gasteiger charge is 2.49. The summed E-state index contributed by atoms with van der Waals surface area (Å²) in [5.41, 5.74) is 1.56. The fraction of sp³-hybridized carbons (Fsp3) is 0.412. The number of anilines is 1. The van der Waals surface area contributed by atoms with Crippen LogP contribution in [0.25, 0.3) is 0 Å². The number of para-hydroxylation sites is 1. The second-order valence-electron chi connectivity index (χ2n) is 6.22. The van der Waals surface area contributed by atoms with Gasteiger partial charge in [-0.25, -0.2) is 0 Å². The highest BCUT2D eigenvalue weighted by atomic mass is 16.2. The smallest absolute Gasteiger partial charge is 0.243 e. The van der Waals surface area contributed by atoms with Crippen LogP contribution in [0.4, 0.5) is 5.69 Å². The van der Waals surface area contributed by atoms with Crippen LogP contribution in [-0.4, -0.2) is 42.4 Å². The molecule has 5 heteroatoms. The quantitative estimate of drug-likeness (QED) is 0.761. The molecule has 1 saturated heterocycles. The molecular formula is C17H19N3O2. The van der Waals surface area contributed by atoms with Crippen molar-refractivity contribution in [2.45, 2.75) is 24.3 Å². The summed E-state index contributed by atoms with van der Waals surface area (Å²) in [6.45, 7) is 2.02. The molecule has 5 nitrogen and oxygen atoms in total. The molecule has 3 aliphatic rings. The number of likely N-dealkylation sites (tertiary alicyclic amines) is 1. The molecule has 3 heterocycles. The number of nitrogens with zero attached hydrogens (tertiary/aromatic N) is 1. The van der Waals surface area contributed by atoms with E-state index in [-0.39, 0.29) is 17.9 Å². The van der Waals surface area contributed by atoms with Crippen LogP contribution < -0.4 is 10.6 Å². The van der Waals surface area contributed by atoms with E-state index in [1.54, 1.807) is 0 Å². The van der Waals surface area contributed by atoms with Gasteiger partial charge in [-0.3, -0.25) is 14.9 Å². The van der Waals surface area contributed by atoms with Gasteiger partial charge in [0.1, 0.15) is 6.04 Å². The van der Waals surface area contributed by atoms with Crippen molar-refractivity contribution in [3.8, 4) is 0 Å². The molecule has 0 radical (unpaired) electrons. The van der Waals surface area contributed by atoms with Crippen LogP contribution in [0.2, 0.25) is 0 Å². The molecule has 114 valence electrons. The van der Waals surface area contributed by atoms with Gasteiger partial charge in [0.2, 0.25) is 11.8 Å². The van der Waals surface area contributed by atoms with Crippen molar-refractivity contribution in [1.29, 1.82) is 0 Å². The van der Waals surface area contributed by atoms with Crippen molar-refractivity contribution in [2.75, 3.05) is 25.0 Å². The van der Waals surface area contributed by atoms with Gasteiger partial charge in [-0.2, -0.15) is 0 Å². The highest BCUT2D eigenvalue weighted by Crippen LogP contribution is 2.44. The van der Waals surface area contributed by atoms with Crippen LogP contribution in [0, 0.1) is 0 Å². The summed E-state index contributed by atoms with van der Waals surface area (Å²) in [6.07, 6.45) is 5.29. The number of carbonyl (C=O) groups is 2. The lowest BCUT2D eigenvalue weighted by Crippen LogP contribution is -2.52. The van der Waals surface area contributed by atoms with Gasteiger partial charge in [-0.15, -0.1) is 0 Å². The molecule has 0 aromatic heterocycles. The molecule has 1 aromatic rings. The molecule has 0 aliphatic carbocycles. The third-order valence-corrected chi connectivity index (χ3v) is 5.10. The van der Waals surface area contributed by atoms with Gasteiger partial charge >= 0.3 is 0 Å². The van der Waals surface area contributed by atoms with Gasteiger partial charge in [-0.05, 0) is 24.5 Å². The van der Waals surface area contributed by atoms with E-state index in [4.69, 9.17) is 0 Å². The zero-order chi connectivity index (χ0) is 15.2. The molecule has 1 atom stereocenters. The Hall–Kier alpha value is -2.14. The SMILES string of the molecule is O=C([C@H]1C=CCN1)N1CCC2(CC1)C(=O)Nc1ccccc12. The molecule has 2 amide bonds. The molecule has 3 aliphatic heterocycles. The van der Waals surface area contributed by atoms with Gasteiger partial charge < -0.3 is 10.2 Å². The molecule has 0 saturated carbocycles. The minimum Gasteiger partial charge on any atom is -0.341 e. The first-order valence-electron chi connectivity index (χ1n) is 7.80. The number of benzene rings is 1. The fourth-order valence-corrected chi connectivity index (χ4v) is 3.81. The first-order valence-corrected chi connectivity index (χ1v) is 7.80. The standard InChI is InChI=1S/C17H19N3O2/c21-15(14-6-3-9-18-14)20-10-7-17(8-11-20)12-4-1-2-5-13(12)19-16(17)22/h1-6,14,18H,7-11H2,(H,19,22)/t14-/m1/s1. The molecule has 2 N–H and O–H groups in total. The Labute approximate surface area is 129 Å². The monoisotopic (exact) mass is 297 g/mol. The predicted molar refractivity (Wildman–Crippen MR) is 83.5 cm³/mol. The molecule has 1 spiro atoms. The zero-order valence-corrected chi connectivity index (χ0v) is 12.3. The number of fused-ring (bicyclic) bond motifs is 2. The summed E-state index contributed by atoms with van der Waals surface area (Å²) in [4.78, 5) is 26.8. The van der Waals surface area contributed by atoms with Crippen LogP contribution in [-0.2, 0) is 15.0 Å². The maximum atomic E-state index is 12.5. The van der Waals surface area contributed by atoms with Gasteiger partial charge in [-0.1, -0.05) is 30.4 Å². The lowest BCUT2D eigenvalue weighted by atomic mass is 9.73. The number of rotatable bonds is 1. The second-order valence-corrected chi connectivity index (χ2v) is 6.22. The van der Waals surface area contributed by atoms with Crippen LogP contribution in [0.15, 0.2) is 36.4 Å². The van der Waals surface area contributed by atoms with Crippen molar-refractivity contribution in [2.24, 2.45) is 0 Å². The molecular weight excluding hydrogens is 278 g/mol. The first-order chi connectivity index (χ1) is 10.7. The summed E-state index contributed by atoms with van der Waals surface area (Å²) >= 11 is 0. The zero-order valence-electron chi connectivity index (χ0n) is 12.3. The molecule has 0 bridgehead atoms. The van der Waals surface area contributed by atoms with Crippen molar-refractivity contribution in [1.82, 2.24) is 10.2 Å². The third-order valence-electron chi connectivity index (χ3n) is 5.10. The first kappa shape index (κ1) is 13.5. The number of hydrogen-bond acceptors (Lipinski definition) is 3. The minimum atomic E-state index is -0.452. The fourth-order valence-electron chi connectivity index (χ4n) is 3.81. The van der Waals surface area contributed by atoms with Gasteiger partial charge in [0.05, 0.1) is 5.41 Å². The Morgan fingerprint density at radius 3 is 2.73 bits per heavy atom. The van der Waals surface area contributed by atoms with Crippen molar-refractivity contribution >= 4 is 17.5 Å². The van der Waals surface area contributed by atoms with E-state index in [1.807, 2.05) is 41.3 Å². The lowest BCUT2D eigenvalue weighted by Gasteiger charge is -2.38. The lowest BCUT2D eigenvalue weighted by molar-refractivity contribution is -0.135. The molecule has 22 heavy (non-hydrogen) atoms. The van der Waals surface area contributed by atoms with E-state index >= 15 is 0 Å².